The maximum Gasteiger partial charge on any atom is 0.278 e. The molecule has 2 aromatic rings. The summed E-state index contributed by atoms with van der Waals surface area (Å²) in [4.78, 5) is 30.2. The Bertz CT molecular complexity index is 1010. The average Bonchev–Trinajstić information content (AvgIpc) is 3.05. The highest BCUT2D eigenvalue weighted by Crippen LogP contribution is 2.32. The molecule has 0 aromatic heterocycles. The molecule has 0 aliphatic carbocycles. The van der Waals surface area contributed by atoms with Crippen LogP contribution < -0.4 is 15.0 Å². The fraction of sp³-hybridized carbons (Fsp3) is 0.407. The largest absolute Gasteiger partial charge is 0.491 e. The van der Waals surface area contributed by atoms with Crippen molar-refractivity contribution in [2.24, 2.45) is 0 Å². The SMILES string of the molecule is CCN(CC)c1ccc(NC2=C(c3ccc(OC(C)C)cc3)C(=O)N(CCCOC)C2=O)cc1. The van der Waals surface area contributed by atoms with Gasteiger partial charge in [-0.1, -0.05) is 12.1 Å². The highest BCUT2D eigenvalue weighted by molar-refractivity contribution is 6.36. The van der Waals surface area contributed by atoms with Crippen LogP contribution in [0.2, 0.25) is 0 Å². The number of nitrogens with zero attached hydrogens (tertiary/aromatic N) is 2. The zero-order valence-electron chi connectivity index (χ0n) is 20.8. The molecular formula is C27H35N3O4. The van der Waals surface area contributed by atoms with E-state index in [1.807, 2.05) is 62.4 Å². The number of benzene rings is 2. The molecule has 1 heterocycles. The van der Waals surface area contributed by atoms with Gasteiger partial charge in [0.15, 0.2) is 0 Å². The minimum absolute atomic E-state index is 0.0487. The molecule has 1 aliphatic heterocycles. The van der Waals surface area contributed by atoms with E-state index in [-0.39, 0.29) is 23.6 Å². The van der Waals surface area contributed by atoms with E-state index in [0.717, 1.165) is 30.2 Å². The first-order chi connectivity index (χ1) is 16.4. The number of anilines is 2. The van der Waals surface area contributed by atoms with Crippen molar-refractivity contribution in [3.8, 4) is 5.75 Å². The number of ether oxygens (including phenoxy) is 2. The van der Waals surface area contributed by atoms with Crippen LogP contribution in [-0.4, -0.2) is 56.2 Å². The average molecular weight is 466 g/mol. The number of nitrogens with one attached hydrogen (secondary N) is 1. The number of rotatable bonds is 12. The first-order valence-corrected chi connectivity index (χ1v) is 11.9. The van der Waals surface area contributed by atoms with E-state index in [0.29, 0.717) is 30.7 Å². The van der Waals surface area contributed by atoms with Crippen LogP contribution in [0.3, 0.4) is 0 Å². The summed E-state index contributed by atoms with van der Waals surface area (Å²) in [6, 6.07) is 15.2. The molecule has 0 saturated heterocycles. The maximum atomic E-state index is 13.3. The lowest BCUT2D eigenvalue weighted by Gasteiger charge is -2.21. The topological polar surface area (TPSA) is 71.1 Å². The zero-order valence-corrected chi connectivity index (χ0v) is 20.8. The molecule has 2 aromatic carbocycles. The van der Waals surface area contributed by atoms with Crippen molar-refractivity contribution in [2.75, 3.05) is 43.6 Å². The number of imide groups is 1. The van der Waals surface area contributed by atoms with Crippen molar-refractivity contribution in [3.63, 3.8) is 0 Å². The standard InChI is InChI=1S/C27H35N3O4/c1-6-29(7-2)22-13-11-21(12-14-22)28-25-24(20-9-15-23(16-10-20)34-19(3)4)26(31)30(27(25)32)17-8-18-33-5/h9-16,19,28H,6-8,17-18H2,1-5H3. The van der Waals surface area contributed by atoms with Gasteiger partial charge in [0.05, 0.1) is 11.7 Å². The fourth-order valence-corrected chi connectivity index (χ4v) is 3.99. The van der Waals surface area contributed by atoms with E-state index < -0.39 is 0 Å². The minimum Gasteiger partial charge on any atom is -0.491 e. The molecular weight excluding hydrogens is 430 g/mol. The van der Waals surface area contributed by atoms with Crippen molar-refractivity contribution < 1.29 is 19.1 Å². The summed E-state index contributed by atoms with van der Waals surface area (Å²) < 4.78 is 10.8. The molecule has 7 nitrogen and oxygen atoms in total. The van der Waals surface area contributed by atoms with E-state index in [1.165, 1.54) is 4.90 Å². The van der Waals surface area contributed by atoms with Crippen molar-refractivity contribution in [2.45, 2.75) is 40.2 Å². The second-order valence-corrected chi connectivity index (χ2v) is 8.39. The quantitative estimate of drug-likeness (QED) is 0.366. The third-order valence-corrected chi connectivity index (χ3v) is 5.68. The molecule has 0 spiro atoms. The monoisotopic (exact) mass is 465 g/mol. The van der Waals surface area contributed by atoms with Gasteiger partial charge in [0.1, 0.15) is 11.4 Å². The van der Waals surface area contributed by atoms with Crippen LogP contribution in [0.25, 0.3) is 5.57 Å². The van der Waals surface area contributed by atoms with Crippen LogP contribution in [0, 0.1) is 0 Å². The Balaban J connectivity index is 1.93. The lowest BCUT2D eigenvalue weighted by atomic mass is 10.0. The molecule has 3 rings (SSSR count). The Labute approximate surface area is 202 Å². The Morgan fingerprint density at radius 2 is 1.59 bits per heavy atom. The predicted octanol–water partition coefficient (Wildman–Crippen LogP) is 4.55. The maximum absolute atomic E-state index is 13.3. The second kappa shape index (κ2) is 11.7. The van der Waals surface area contributed by atoms with Gasteiger partial charge >= 0.3 is 0 Å². The number of methoxy groups -OCH3 is 1. The minimum atomic E-state index is -0.327. The number of hydrogen-bond donors (Lipinski definition) is 1. The highest BCUT2D eigenvalue weighted by atomic mass is 16.5. The summed E-state index contributed by atoms with van der Waals surface area (Å²) in [6.07, 6.45) is 0.626. The van der Waals surface area contributed by atoms with Crippen molar-refractivity contribution in [1.29, 1.82) is 0 Å². The van der Waals surface area contributed by atoms with Gasteiger partial charge < -0.3 is 19.7 Å². The van der Waals surface area contributed by atoms with Crippen LogP contribution in [0.5, 0.6) is 5.75 Å². The van der Waals surface area contributed by atoms with Crippen LogP contribution in [-0.2, 0) is 14.3 Å². The van der Waals surface area contributed by atoms with Gasteiger partial charge in [-0.2, -0.15) is 0 Å². The number of carbonyl (C=O) groups is 2. The first kappa shape index (κ1) is 25.3. The molecule has 1 N–H and O–H groups in total. The van der Waals surface area contributed by atoms with E-state index in [1.54, 1.807) is 7.11 Å². The van der Waals surface area contributed by atoms with Gasteiger partial charge in [0.25, 0.3) is 11.8 Å². The van der Waals surface area contributed by atoms with Crippen LogP contribution in [0.1, 0.15) is 39.7 Å². The number of carbonyl (C=O) groups excluding carboxylic acids is 2. The molecule has 0 fully saturated rings. The summed E-state index contributed by atoms with van der Waals surface area (Å²) in [5.74, 6) is 0.0851. The van der Waals surface area contributed by atoms with Gasteiger partial charge in [0.2, 0.25) is 0 Å². The van der Waals surface area contributed by atoms with E-state index >= 15 is 0 Å². The highest BCUT2D eigenvalue weighted by Gasteiger charge is 2.38. The van der Waals surface area contributed by atoms with E-state index in [9.17, 15) is 9.59 Å². The van der Waals surface area contributed by atoms with Gasteiger partial charge in [0, 0.05) is 44.7 Å². The van der Waals surface area contributed by atoms with Crippen LogP contribution >= 0.6 is 0 Å². The summed E-state index contributed by atoms with van der Waals surface area (Å²) in [7, 11) is 1.60. The second-order valence-electron chi connectivity index (χ2n) is 8.39. The molecule has 2 amide bonds. The van der Waals surface area contributed by atoms with E-state index in [2.05, 4.69) is 24.1 Å². The Kier molecular flexibility index (Phi) is 8.71. The Morgan fingerprint density at radius 1 is 0.941 bits per heavy atom. The lowest BCUT2D eigenvalue weighted by Crippen LogP contribution is -2.33. The van der Waals surface area contributed by atoms with Gasteiger partial charge in [-0.25, -0.2) is 0 Å². The van der Waals surface area contributed by atoms with Crippen LogP contribution in [0.4, 0.5) is 11.4 Å². The van der Waals surface area contributed by atoms with E-state index in [4.69, 9.17) is 9.47 Å². The van der Waals surface area contributed by atoms with Crippen molar-refractivity contribution >= 4 is 28.8 Å². The predicted molar refractivity (Wildman–Crippen MR) is 136 cm³/mol. The normalized spacial score (nSPS) is 13.8. The number of amides is 2. The third-order valence-electron chi connectivity index (χ3n) is 5.68. The molecule has 0 radical (unpaired) electrons. The zero-order chi connectivity index (χ0) is 24.7. The molecule has 7 heteroatoms. The number of hydrogen-bond acceptors (Lipinski definition) is 6. The molecule has 0 saturated carbocycles. The third kappa shape index (κ3) is 5.78. The molecule has 0 atom stereocenters. The van der Waals surface area contributed by atoms with Crippen molar-refractivity contribution in [1.82, 2.24) is 4.90 Å². The Morgan fingerprint density at radius 3 is 2.15 bits per heavy atom. The summed E-state index contributed by atoms with van der Waals surface area (Å²) in [5.41, 5.74) is 3.19. The smallest absolute Gasteiger partial charge is 0.278 e. The summed E-state index contributed by atoms with van der Waals surface area (Å²) >= 11 is 0. The summed E-state index contributed by atoms with van der Waals surface area (Å²) in [6.45, 7) is 10.8. The first-order valence-electron chi connectivity index (χ1n) is 11.9. The van der Waals surface area contributed by atoms with Gasteiger partial charge in [-0.15, -0.1) is 0 Å². The molecule has 1 aliphatic rings. The van der Waals surface area contributed by atoms with Gasteiger partial charge in [-0.05, 0) is 76.1 Å². The van der Waals surface area contributed by atoms with Crippen LogP contribution in [0.15, 0.2) is 54.2 Å². The Hall–Kier alpha value is -3.32. The molecule has 0 unspecified atom stereocenters. The van der Waals surface area contributed by atoms with Gasteiger partial charge in [-0.3, -0.25) is 14.5 Å². The van der Waals surface area contributed by atoms with Crippen molar-refractivity contribution in [3.05, 3.63) is 59.8 Å². The molecule has 182 valence electrons. The fourth-order valence-electron chi connectivity index (χ4n) is 3.99. The molecule has 34 heavy (non-hydrogen) atoms. The lowest BCUT2D eigenvalue weighted by molar-refractivity contribution is -0.137. The summed E-state index contributed by atoms with van der Waals surface area (Å²) in [5, 5.41) is 3.23. The molecule has 0 bridgehead atoms.